The normalized spacial score (nSPS) is 12.3. The summed E-state index contributed by atoms with van der Waals surface area (Å²) in [6.45, 7) is 15.4. The quantitative estimate of drug-likeness (QED) is 0.121. The minimum absolute atomic E-state index is 0.112. The maximum absolute atomic E-state index is 4.47. The maximum atomic E-state index is 4.47. The molecule has 0 fully saturated rings. The van der Waals surface area contributed by atoms with E-state index in [0.29, 0.717) is 0 Å². The molecule has 9 rings (SSSR count). The highest BCUT2D eigenvalue weighted by Crippen LogP contribution is 2.51. The van der Waals surface area contributed by atoms with Gasteiger partial charge < -0.3 is 9.80 Å². The Labute approximate surface area is 353 Å². The second-order valence-electron chi connectivity index (χ2n) is 15.7. The molecule has 286 valence electrons. The molecular formula is C56H46N2S. The van der Waals surface area contributed by atoms with Crippen LogP contribution in [0, 0.1) is 0 Å². The molecule has 0 heterocycles. The molecule has 0 radical (unpaired) electrons. The molecule has 1 aliphatic carbocycles. The van der Waals surface area contributed by atoms with Gasteiger partial charge in [-0.15, -0.1) is 0 Å². The molecule has 3 heteroatoms. The van der Waals surface area contributed by atoms with Gasteiger partial charge in [-0.2, -0.15) is 0 Å². The third-order valence-corrected chi connectivity index (χ3v) is 12.5. The van der Waals surface area contributed by atoms with Gasteiger partial charge in [0.15, 0.2) is 0 Å². The van der Waals surface area contributed by atoms with Crippen molar-refractivity contribution in [3.63, 3.8) is 0 Å². The van der Waals surface area contributed by atoms with Crippen molar-refractivity contribution < 1.29 is 0 Å². The molecule has 59 heavy (non-hydrogen) atoms. The van der Waals surface area contributed by atoms with Crippen LogP contribution in [-0.2, 0) is 5.41 Å². The number of rotatable bonds is 11. The van der Waals surface area contributed by atoms with Gasteiger partial charge in [0, 0.05) is 49.2 Å². The molecule has 0 saturated carbocycles. The summed E-state index contributed by atoms with van der Waals surface area (Å²) in [7, 11) is 0. The Bertz CT molecular complexity index is 2820. The smallest absolute Gasteiger partial charge is 0.0540 e. The highest BCUT2D eigenvalue weighted by Gasteiger charge is 2.36. The van der Waals surface area contributed by atoms with Crippen LogP contribution in [0.1, 0.15) is 43.0 Å². The summed E-state index contributed by atoms with van der Waals surface area (Å²) < 4.78 is 0. The van der Waals surface area contributed by atoms with Crippen LogP contribution in [0.5, 0.6) is 0 Å². The van der Waals surface area contributed by atoms with Crippen LogP contribution in [0.15, 0.2) is 218 Å². The van der Waals surface area contributed by atoms with Gasteiger partial charge in [-0.3, -0.25) is 0 Å². The van der Waals surface area contributed by atoms with E-state index in [1.165, 1.54) is 22.3 Å². The third kappa shape index (κ3) is 7.20. The monoisotopic (exact) mass is 778 g/mol. The van der Waals surface area contributed by atoms with Gasteiger partial charge in [-0.05, 0) is 124 Å². The first-order chi connectivity index (χ1) is 28.8. The number of thioether (sulfide) groups is 1. The summed E-state index contributed by atoms with van der Waals surface area (Å²) in [5.74, 6) is 0. The van der Waals surface area contributed by atoms with E-state index < -0.39 is 0 Å². The summed E-state index contributed by atoms with van der Waals surface area (Å²) in [6.07, 6.45) is 0. The lowest BCUT2D eigenvalue weighted by atomic mass is 9.82. The average molecular weight is 779 g/mol. The maximum Gasteiger partial charge on any atom is 0.0540 e. The Morgan fingerprint density at radius 2 is 1.00 bits per heavy atom. The second kappa shape index (κ2) is 15.9. The molecular weight excluding hydrogens is 733 g/mol. The number of hydrogen-bond donors (Lipinski definition) is 0. The molecule has 0 atom stereocenters. The van der Waals surface area contributed by atoms with E-state index in [-0.39, 0.29) is 5.41 Å². The number of nitrogens with zero attached hydrogens (tertiary/aromatic N) is 2. The number of anilines is 6. The lowest BCUT2D eigenvalue weighted by molar-refractivity contribution is 0.660. The zero-order valence-corrected chi connectivity index (χ0v) is 34.6. The Hall–Kier alpha value is -6.81. The van der Waals surface area contributed by atoms with Crippen molar-refractivity contribution in [1.82, 2.24) is 0 Å². The molecule has 0 saturated heterocycles. The molecule has 0 unspecified atom stereocenters. The number of benzene rings is 8. The van der Waals surface area contributed by atoms with E-state index in [2.05, 4.69) is 244 Å². The van der Waals surface area contributed by atoms with Gasteiger partial charge >= 0.3 is 0 Å². The van der Waals surface area contributed by atoms with Gasteiger partial charge in [0.25, 0.3) is 0 Å². The standard InChI is InChI=1S/C56H46N2S/c1-39(2)48-25-14-17-30-55(48)59-40(3)41-31-33-45(34-32-41)57(43-20-8-6-9-21-43)46-24-18-19-42(37-46)49-26-13-16-29-54(49)58(44-22-10-7-11-23-44)47-35-36-51-50-27-12-15-28-52(50)56(4,5)53(51)38-47/h6-38H,1,3H2,2,4-5H3. The number of para-hydroxylation sites is 3. The fraction of sp³-hybridized carbons (Fsp3) is 0.0714. The van der Waals surface area contributed by atoms with Crippen LogP contribution in [0.2, 0.25) is 0 Å². The molecule has 0 N–H and O–H groups in total. The molecule has 0 aliphatic heterocycles. The first-order valence-corrected chi connectivity index (χ1v) is 21.0. The molecule has 0 spiro atoms. The summed E-state index contributed by atoms with van der Waals surface area (Å²) in [5, 5.41) is 0. The molecule has 0 aromatic heterocycles. The SMILES string of the molecule is C=C(Sc1ccccc1C(=C)C)c1ccc(N(c2ccccc2)c2cccc(-c3ccccc3N(c3ccccc3)c3ccc4c(c3)C(C)(C)c3ccccc3-4)c2)cc1. The van der Waals surface area contributed by atoms with Crippen molar-refractivity contribution in [2.24, 2.45) is 0 Å². The summed E-state index contributed by atoms with van der Waals surface area (Å²) >= 11 is 1.69. The Kier molecular flexibility index (Phi) is 10.1. The van der Waals surface area contributed by atoms with E-state index >= 15 is 0 Å². The number of hydrogen-bond acceptors (Lipinski definition) is 3. The second-order valence-corrected chi connectivity index (χ2v) is 16.8. The van der Waals surface area contributed by atoms with Gasteiger partial charge in [-0.1, -0.05) is 166 Å². The van der Waals surface area contributed by atoms with E-state index in [4.69, 9.17) is 0 Å². The van der Waals surface area contributed by atoms with Crippen LogP contribution < -0.4 is 9.80 Å². The average Bonchev–Trinajstić information content (AvgIpc) is 3.50. The number of allylic oxidation sites excluding steroid dienone is 1. The fourth-order valence-electron chi connectivity index (χ4n) is 8.48. The minimum atomic E-state index is -0.112. The van der Waals surface area contributed by atoms with Crippen LogP contribution >= 0.6 is 11.8 Å². The van der Waals surface area contributed by atoms with E-state index in [0.717, 1.165) is 71.8 Å². The zero-order valence-electron chi connectivity index (χ0n) is 33.8. The van der Waals surface area contributed by atoms with Gasteiger partial charge in [0.05, 0.1) is 5.69 Å². The molecule has 0 bridgehead atoms. The highest BCUT2D eigenvalue weighted by molar-refractivity contribution is 8.08. The van der Waals surface area contributed by atoms with Crippen molar-refractivity contribution in [1.29, 1.82) is 0 Å². The first kappa shape index (κ1) is 37.7. The van der Waals surface area contributed by atoms with Gasteiger partial charge in [0.2, 0.25) is 0 Å². The van der Waals surface area contributed by atoms with Crippen LogP contribution in [0.3, 0.4) is 0 Å². The van der Waals surface area contributed by atoms with E-state index in [1.54, 1.807) is 11.8 Å². The predicted octanol–water partition coefficient (Wildman–Crippen LogP) is 16.4. The van der Waals surface area contributed by atoms with Crippen LogP contribution in [0.4, 0.5) is 34.1 Å². The molecule has 8 aromatic carbocycles. The molecule has 0 amide bonds. The third-order valence-electron chi connectivity index (χ3n) is 11.4. The van der Waals surface area contributed by atoms with Crippen LogP contribution in [-0.4, -0.2) is 0 Å². The molecule has 1 aliphatic rings. The Morgan fingerprint density at radius 3 is 1.73 bits per heavy atom. The van der Waals surface area contributed by atoms with Crippen molar-refractivity contribution in [3.05, 3.63) is 236 Å². The van der Waals surface area contributed by atoms with Crippen LogP contribution in [0.25, 0.3) is 32.7 Å². The topological polar surface area (TPSA) is 6.48 Å². The van der Waals surface area contributed by atoms with Gasteiger partial charge in [-0.25, -0.2) is 0 Å². The fourth-order valence-corrected chi connectivity index (χ4v) is 9.50. The van der Waals surface area contributed by atoms with E-state index in [9.17, 15) is 0 Å². The first-order valence-electron chi connectivity index (χ1n) is 20.1. The Balaban J connectivity index is 1.10. The minimum Gasteiger partial charge on any atom is -0.310 e. The molecule has 8 aromatic rings. The highest BCUT2D eigenvalue weighted by atomic mass is 32.2. The lowest BCUT2D eigenvalue weighted by Gasteiger charge is -2.30. The summed E-state index contributed by atoms with van der Waals surface area (Å²) in [5.41, 5.74) is 17.4. The summed E-state index contributed by atoms with van der Waals surface area (Å²) in [6, 6.07) is 72.0. The van der Waals surface area contributed by atoms with Crippen molar-refractivity contribution in [3.8, 4) is 22.3 Å². The zero-order chi connectivity index (χ0) is 40.5. The molecule has 2 nitrogen and oxygen atoms in total. The van der Waals surface area contributed by atoms with E-state index in [1.807, 2.05) is 0 Å². The Morgan fingerprint density at radius 1 is 0.458 bits per heavy atom. The number of fused-ring (bicyclic) bond motifs is 3. The predicted molar refractivity (Wildman–Crippen MR) is 255 cm³/mol. The van der Waals surface area contributed by atoms with Crippen molar-refractivity contribution in [2.45, 2.75) is 31.1 Å². The van der Waals surface area contributed by atoms with Crippen molar-refractivity contribution in [2.75, 3.05) is 9.80 Å². The van der Waals surface area contributed by atoms with Crippen molar-refractivity contribution >= 4 is 56.4 Å². The van der Waals surface area contributed by atoms with Gasteiger partial charge in [0.1, 0.15) is 0 Å². The largest absolute Gasteiger partial charge is 0.310 e. The lowest BCUT2D eigenvalue weighted by Crippen LogP contribution is -2.16. The summed E-state index contributed by atoms with van der Waals surface area (Å²) in [4.78, 5) is 6.90.